The van der Waals surface area contributed by atoms with Gasteiger partial charge in [-0.25, -0.2) is 4.98 Å². The number of hydrogen-bond acceptors (Lipinski definition) is 4. The first-order chi connectivity index (χ1) is 8.86. The predicted octanol–water partition coefficient (Wildman–Crippen LogP) is 3.07. The Labute approximate surface area is 111 Å². The number of benzene rings is 1. The summed E-state index contributed by atoms with van der Waals surface area (Å²) in [5.41, 5.74) is 2.19. The number of rotatable bonds is 5. The fourth-order valence-corrected chi connectivity index (χ4v) is 2.72. The summed E-state index contributed by atoms with van der Waals surface area (Å²) in [6.07, 6.45) is 2.62. The van der Waals surface area contributed by atoms with Gasteiger partial charge in [0.25, 0.3) is 0 Å². The maximum Gasteiger partial charge on any atom is 0.129 e. The van der Waals surface area contributed by atoms with Gasteiger partial charge in [-0.2, -0.15) is 0 Å². The third kappa shape index (κ3) is 2.54. The van der Waals surface area contributed by atoms with E-state index < -0.39 is 0 Å². The van der Waals surface area contributed by atoms with Crippen LogP contribution in [-0.2, 0) is 6.54 Å². The molecule has 0 aliphatic heterocycles. The zero-order valence-electron chi connectivity index (χ0n) is 10.3. The van der Waals surface area contributed by atoms with Gasteiger partial charge in [-0.15, -0.1) is 11.3 Å². The SMILES string of the molecule is COc1ccccc1-c1nc(CNC2CC2)cs1. The van der Waals surface area contributed by atoms with Crippen molar-refractivity contribution in [2.45, 2.75) is 25.4 Å². The predicted molar refractivity (Wildman–Crippen MR) is 74.0 cm³/mol. The summed E-state index contributed by atoms with van der Waals surface area (Å²) in [5, 5.41) is 6.63. The molecule has 1 saturated carbocycles. The van der Waals surface area contributed by atoms with Crippen LogP contribution in [0.1, 0.15) is 18.5 Å². The number of para-hydroxylation sites is 1. The maximum absolute atomic E-state index is 5.37. The number of methoxy groups -OCH3 is 1. The molecule has 1 aromatic carbocycles. The second kappa shape index (κ2) is 5.08. The molecule has 0 amide bonds. The lowest BCUT2D eigenvalue weighted by molar-refractivity contribution is 0.416. The van der Waals surface area contributed by atoms with Crippen molar-refractivity contribution < 1.29 is 4.74 Å². The summed E-state index contributed by atoms with van der Waals surface area (Å²) in [4.78, 5) is 4.66. The van der Waals surface area contributed by atoms with Gasteiger partial charge in [0, 0.05) is 18.0 Å². The standard InChI is InChI=1S/C14H16N2OS/c1-17-13-5-3-2-4-12(13)14-16-11(9-18-14)8-15-10-6-7-10/h2-5,9-10,15H,6-8H2,1H3. The average Bonchev–Trinajstić information content (AvgIpc) is 3.13. The molecule has 3 nitrogen and oxygen atoms in total. The van der Waals surface area contributed by atoms with E-state index in [1.165, 1.54) is 12.8 Å². The highest BCUT2D eigenvalue weighted by atomic mass is 32.1. The van der Waals surface area contributed by atoms with Gasteiger partial charge in [-0.1, -0.05) is 12.1 Å². The zero-order valence-corrected chi connectivity index (χ0v) is 11.2. The van der Waals surface area contributed by atoms with Crippen molar-refractivity contribution in [2.24, 2.45) is 0 Å². The monoisotopic (exact) mass is 260 g/mol. The highest BCUT2D eigenvalue weighted by Gasteiger charge is 2.20. The van der Waals surface area contributed by atoms with Gasteiger partial charge in [0.05, 0.1) is 18.4 Å². The van der Waals surface area contributed by atoms with Crippen LogP contribution in [0.25, 0.3) is 10.6 Å². The molecule has 2 aromatic rings. The molecule has 3 rings (SSSR count). The van der Waals surface area contributed by atoms with Crippen molar-refractivity contribution in [1.82, 2.24) is 10.3 Å². The Balaban J connectivity index is 1.78. The van der Waals surface area contributed by atoms with Gasteiger partial charge in [0.15, 0.2) is 0 Å². The number of hydrogen-bond donors (Lipinski definition) is 1. The van der Waals surface area contributed by atoms with Crippen LogP contribution in [0.4, 0.5) is 0 Å². The van der Waals surface area contributed by atoms with E-state index in [1.807, 2.05) is 18.2 Å². The Hall–Kier alpha value is -1.39. The van der Waals surface area contributed by atoms with Gasteiger partial charge in [0.2, 0.25) is 0 Å². The van der Waals surface area contributed by atoms with E-state index in [0.717, 1.165) is 34.6 Å². The molecule has 1 fully saturated rings. The fraction of sp³-hybridized carbons (Fsp3) is 0.357. The van der Waals surface area contributed by atoms with Crippen LogP contribution in [0.2, 0.25) is 0 Å². The van der Waals surface area contributed by atoms with Gasteiger partial charge < -0.3 is 10.1 Å². The summed E-state index contributed by atoms with van der Waals surface area (Å²) < 4.78 is 5.37. The molecule has 0 unspecified atom stereocenters. The van der Waals surface area contributed by atoms with E-state index in [9.17, 15) is 0 Å². The second-order valence-corrected chi connectivity index (χ2v) is 5.36. The minimum atomic E-state index is 0.724. The summed E-state index contributed by atoms with van der Waals surface area (Å²) in [6, 6.07) is 8.74. The molecule has 0 atom stereocenters. The van der Waals surface area contributed by atoms with E-state index in [4.69, 9.17) is 4.74 Å². The van der Waals surface area contributed by atoms with Crippen molar-refractivity contribution in [3.05, 3.63) is 35.3 Å². The topological polar surface area (TPSA) is 34.1 Å². The van der Waals surface area contributed by atoms with E-state index in [-0.39, 0.29) is 0 Å². The highest BCUT2D eigenvalue weighted by Crippen LogP contribution is 2.32. The number of thiazole rings is 1. The first-order valence-electron chi connectivity index (χ1n) is 6.18. The van der Waals surface area contributed by atoms with Crippen LogP contribution in [0.15, 0.2) is 29.6 Å². The molecule has 0 bridgehead atoms. The molecule has 0 radical (unpaired) electrons. The van der Waals surface area contributed by atoms with Crippen LogP contribution in [0.5, 0.6) is 5.75 Å². The first-order valence-corrected chi connectivity index (χ1v) is 7.06. The van der Waals surface area contributed by atoms with Crippen molar-refractivity contribution in [3.8, 4) is 16.3 Å². The van der Waals surface area contributed by atoms with Gasteiger partial charge in [0.1, 0.15) is 10.8 Å². The number of nitrogens with one attached hydrogen (secondary N) is 1. The lowest BCUT2D eigenvalue weighted by Crippen LogP contribution is -2.15. The molecule has 0 spiro atoms. The van der Waals surface area contributed by atoms with Gasteiger partial charge >= 0.3 is 0 Å². The van der Waals surface area contributed by atoms with Gasteiger partial charge in [-0.3, -0.25) is 0 Å². The third-order valence-corrected chi connectivity index (χ3v) is 3.96. The number of nitrogens with zero attached hydrogens (tertiary/aromatic N) is 1. The normalized spacial score (nSPS) is 14.7. The number of aromatic nitrogens is 1. The lowest BCUT2D eigenvalue weighted by Gasteiger charge is -2.04. The molecule has 1 aliphatic rings. The Morgan fingerprint density at radius 2 is 2.22 bits per heavy atom. The van der Waals surface area contributed by atoms with E-state index >= 15 is 0 Å². The Bertz CT molecular complexity index is 534. The summed E-state index contributed by atoms with van der Waals surface area (Å²) in [7, 11) is 1.70. The van der Waals surface area contributed by atoms with E-state index in [1.54, 1.807) is 18.4 Å². The minimum Gasteiger partial charge on any atom is -0.496 e. The molecule has 1 N–H and O–H groups in total. The minimum absolute atomic E-state index is 0.724. The molecule has 0 saturated heterocycles. The van der Waals surface area contributed by atoms with E-state index in [0.29, 0.717) is 0 Å². The van der Waals surface area contributed by atoms with Crippen molar-refractivity contribution in [2.75, 3.05) is 7.11 Å². The molecule has 1 aromatic heterocycles. The highest BCUT2D eigenvalue weighted by molar-refractivity contribution is 7.13. The Kier molecular flexibility index (Phi) is 3.30. The second-order valence-electron chi connectivity index (χ2n) is 4.50. The molecule has 4 heteroatoms. The lowest BCUT2D eigenvalue weighted by atomic mass is 10.2. The van der Waals surface area contributed by atoms with Crippen LogP contribution in [-0.4, -0.2) is 18.1 Å². The van der Waals surface area contributed by atoms with Crippen LogP contribution >= 0.6 is 11.3 Å². The summed E-state index contributed by atoms with van der Waals surface area (Å²) in [6.45, 7) is 0.871. The maximum atomic E-state index is 5.37. The van der Waals surface area contributed by atoms with Crippen LogP contribution in [0, 0.1) is 0 Å². The van der Waals surface area contributed by atoms with Crippen molar-refractivity contribution >= 4 is 11.3 Å². The third-order valence-electron chi connectivity index (χ3n) is 3.04. The van der Waals surface area contributed by atoms with Crippen molar-refractivity contribution in [3.63, 3.8) is 0 Å². The molecule has 94 valence electrons. The Morgan fingerprint density at radius 3 is 3.00 bits per heavy atom. The van der Waals surface area contributed by atoms with Crippen LogP contribution < -0.4 is 10.1 Å². The molecular weight excluding hydrogens is 244 g/mol. The van der Waals surface area contributed by atoms with Crippen LogP contribution in [0.3, 0.4) is 0 Å². The summed E-state index contributed by atoms with van der Waals surface area (Å²) >= 11 is 1.67. The number of ether oxygens (including phenoxy) is 1. The first kappa shape index (κ1) is 11.7. The smallest absolute Gasteiger partial charge is 0.129 e. The molecule has 18 heavy (non-hydrogen) atoms. The van der Waals surface area contributed by atoms with Gasteiger partial charge in [-0.05, 0) is 25.0 Å². The quantitative estimate of drug-likeness (QED) is 0.897. The fourth-order valence-electron chi connectivity index (χ4n) is 1.87. The van der Waals surface area contributed by atoms with E-state index in [2.05, 4.69) is 21.7 Å². The van der Waals surface area contributed by atoms with Crippen molar-refractivity contribution in [1.29, 1.82) is 0 Å². The zero-order chi connectivity index (χ0) is 12.4. The molecule has 1 aliphatic carbocycles. The molecule has 1 heterocycles. The largest absolute Gasteiger partial charge is 0.496 e. The Morgan fingerprint density at radius 1 is 1.39 bits per heavy atom. The average molecular weight is 260 g/mol. The molecular formula is C14H16N2OS. The summed E-state index contributed by atoms with van der Waals surface area (Å²) in [5.74, 6) is 0.883.